The number of rotatable bonds is 3. The van der Waals surface area contributed by atoms with Gasteiger partial charge in [0.1, 0.15) is 0 Å². The minimum atomic E-state index is 0.0145. The van der Waals surface area contributed by atoms with Crippen molar-refractivity contribution in [3.63, 3.8) is 0 Å². The summed E-state index contributed by atoms with van der Waals surface area (Å²) in [5.74, 6) is 0.109. The van der Waals surface area contributed by atoms with Crippen LogP contribution in [0.2, 0.25) is 0 Å². The van der Waals surface area contributed by atoms with Crippen LogP contribution in [0.25, 0.3) is 0 Å². The quantitative estimate of drug-likeness (QED) is 0.602. The fourth-order valence-electron chi connectivity index (χ4n) is 1.14. The number of hydrogen-bond donors (Lipinski definition) is 2. The molecule has 1 heterocycles. The number of amides is 1. The van der Waals surface area contributed by atoms with Crippen LogP contribution in [0.4, 0.5) is 0 Å². The average molecular weight is 167 g/mol. The summed E-state index contributed by atoms with van der Waals surface area (Å²) in [7, 11) is 0. The summed E-state index contributed by atoms with van der Waals surface area (Å²) in [5, 5.41) is 14.4. The van der Waals surface area contributed by atoms with Crippen LogP contribution in [0.3, 0.4) is 0 Å². The van der Waals surface area contributed by atoms with Crippen molar-refractivity contribution < 1.29 is 4.79 Å². The maximum Gasteiger partial charge on any atom is 0.221 e. The van der Waals surface area contributed by atoms with Crippen molar-refractivity contribution in [2.24, 2.45) is 5.92 Å². The van der Waals surface area contributed by atoms with Gasteiger partial charge in [-0.25, -0.2) is 0 Å². The van der Waals surface area contributed by atoms with Gasteiger partial charge in [-0.15, -0.1) is 0 Å². The summed E-state index contributed by atoms with van der Waals surface area (Å²) < 4.78 is 0. The smallest absolute Gasteiger partial charge is 0.221 e. The van der Waals surface area contributed by atoms with Gasteiger partial charge in [0, 0.05) is 25.6 Å². The summed E-state index contributed by atoms with van der Waals surface area (Å²) in [6.07, 6.45) is 0.540. The fraction of sp³-hybridized carbons (Fsp3) is 0.750. The molecule has 66 valence electrons. The van der Waals surface area contributed by atoms with Crippen LogP contribution >= 0.6 is 0 Å². The molecular formula is C8H13N3O. The first kappa shape index (κ1) is 9.01. The van der Waals surface area contributed by atoms with Crippen LogP contribution in [-0.2, 0) is 4.79 Å². The highest BCUT2D eigenvalue weighted by Crippen LogP contribution is 1.99. The van der Waals surface area contributed by atoms with Gasteiger partial charge in [-0.1, -0.05) is 0 Å². The second kappa shape index (κ2) is 4.07. The zero-order valence-electron chi connectivity index (χ0n) is 7.13. The molecule has 0 aromatic rings. The lowest BCUT2D eigenvalue weighted by Crippen LogP contribution is -2.33. The lowest BCUT2D eigenvalue weighted by molar-refractivity contribution is -0.119. The third-order valence-electron chi connectivity index (χ3n) is 1.91. The van der Waals surface area contributed by atoms with Crippen LogP contribution in [-0.4, -0.2) is 25.0 Å². The molecule has 0 aromatic carbocycles. The van der Waals surface area contributed by atoms with E-state index in [4.69, 9.17) is 5.26 Å². The molecule has 1 amide bonds. The summed E-state index contributed by atoms with van der Waals surface area (Å²) in [5.41, 5.74) is 0. The molecule has 2 atom stereocenters. The maximum absolute atomic E-state index is 10.8. The summed E-state index contributed by atoms with van der Waals surface area (Å²) in [6.45, 7) is 3.21. The molecule has 1 saturated heterocycles. The molecule has 1 aliphatic rings. The SMILES string of the molecule is CC(C#N)CNC1CNC(=O)C1. The molecule has 4 nitrogen and oxygen atoms in total. The van der Waals surface area contributed by atoms with Crippen LogP contribution < -0.4 is 10.6 Å². The molecule has 0 spiro atoms. The van der Waals surface area contributed by atoms with Crippen molar-refractivity contribution in [2.45, 2.75) is 19.4 Å². The van der Waals surface area contributed by atoms with Crippen molar-refractivity contribution in [1.29, 1.82) is 5.26 Å². The van der Waals surface area contributed by atoms with Crippen molar-refractivity contribution in [3.05, 3.63) is 0 Å². The minimum absolute atomic E-state index is 0.0145. The molecule has 1 rings (SSSR count). The zero-order chi connectivity index (χ0) is 8.97. The molecule has 2 N–H and O–H groups in total. The molecular weight excluding hydrogens is 154 g/mol. The molecule has 4 heteroatoms. The zero-order valence-corrected chi connectivity index (χ0v) is 7.13. The van der Waals surface area contributed by atoms with E-state index in [0.29, 0.717) is 19.5 Å². The van der Waals surface area contributed by atoms with Gasteiger partial charge in [-0.3, -0.25) is 4.79 Å². The van der Waals surface area contributed by atoms with Crippen LogP contribution in [0.5, 0.6) is 0 Å². The van der Waals surface area contributed by atoms with E-state index < -0.39 is 0 Å². The predicted octanol–water partition coefficient (Wildman–Crippen LogP) is -0.376. The standard InChI is InChI=1S/C8H13N3O/c1-6(3-9)4-10-7-2-8(12)11-5-7/h6-7,10H,2,4-5H2,1H3,(H,11,12). The highest BCUT2D eigenvalue weighted by molar-refractivity contribution is 5.78. The highest BCUT2D eigenvalue weighted by Gasteiger charge is 2.20. The van der Waals surface area contributed by atoms with E-state index in [2.05, 4.69) is 16.7 Å². The topological polar surface area (TPSA) is 64.9 Å². The second-order valence-electron chi connectivity index (χ2n) is 3.14. The Morgan fingerprint density at radius 1 is 1.92 bits per heavy atom. The number of nitriles is 1. The molecule has 0 aromatic heterocycles. The van der Waals surface area contributed by atoms with Crippen molar-refractivity contribution in [3.8, 4) is 6.07 Å². The second-order valence-corrected chi connectivity index (χ2v) is 3.14. The Hall–Kier alpha value is -1.08. The predicted molar refractivity (Wildman–Crippen MR) is 44.2 cm³/mol. The van der Waals surface area contributed by atoms with Gasteiger partial charge >= 0.3 is 0 Å². The Morgan fingerprint density at radius 3 is 3.17 bits per heavy atom. The van der Waals surface area contributed by atoms with Gasteiger partial charge in [0.05, 0.1) is 12.0 Å². The monoisotopic (exact) mass is 167 g/mol. The van der Waals surface area contributed by atoms with Gasteiger partial charge in [-0.05, 0) is 6.92 Å². The van der Waals surface area contributed by atoms with Crippen LogP contribution in [0.1, 0.15) is 13.3 Å². The fourth-order valence-corrected chi connectivity index (χ4v) is 1.14. The van der Waals surface area contributed by atoms with Crippen molar-refractivity contribution in [2.75, 3.05) is 13.1 Å². The van der Waals surface area contributed by atoms with Crippen LogP contribution in [0.15, 0.2) is 0 Å². The summed E-state index contributed by atoms with van der Waals surface area (Å²) in [4.78, 5) is 10.8. The van der Waals surface area contributed by atoms with Gasteiger partial charge in [0.15, 0.2) is 0 Å². The van der Waals surface area contributed by atoms with E-state index in [1.54, 1.807) is 0 Å². The van der Waals surface area contributed by atoms with E-state index in [0.717, 1.165) is 0 Å². The largest absolute Gasteiger partial charge is 0.354 e. The van der Waals surface area contributed by atoms with E-state index in [1.807, 2.05) is 6.92 Å². The summed E-state index contributed by atoms with van der Waals surface area (Å²) >= 11 is 0. The normalized spacial score (nSPS) is 24.7. The molecule has 0 saturated carbocycles. The number of nitrogens with zero attached hydrogens (tertiary/aromatic N) is 1. The molecule has 1 aliphatic heterocycles. The lowest BCUT2D eigenvalue weighted by Gasteiger charge is -2.10. The van der Waals surface area contributed by atoms with E-state index in [9.17, 15) is 4.79 Å². The van der Waals surface area contributed by atoms with E-state index >= 15 is 0 Å². The molecule has 0 bridgehead atoms. The Morgan fingerprint density at radius 2 is 2.67 bits per heavy atom. The Balaban J connectivity index is 2.17. The number of carbonyl (C=O) groups excluding carboxylic acids is 1. The molecule has 0 aliphatic carbocycles. The molecule has 1 fully saturated rings. The molecule has 2 unspecified atom stereocenters. The first-order valence-corrected chi connectivity index (χ1v) is 4.12. The maximum atomic E-state index is 10.8. The Labute approximate surface area is 71.9 Å². The third-order valence-corrected chi connectivity index (χ3v) is 1.91. The van der Waals surface area contributed by atoms with E-state index in [1.165, 1.54) is 0 Å². The minimum Gasteiger partial charge on any atom is -0.354 e. The molecule has 12 heavy (non-hydrogen) atoms. The first-order chi connectivity index (χ1) is 5.72. The van der Waals surface area contributed by atoms with Crippen molar-refractivity contribution in [1.82, 2.24) is 10.6 Å². The molecule has 0 radical (unpaired) electrons. The van der Waals surface area contributed by atoms with E-state index in [-0.39, 0.29) is 17.9 Å². The first-order valence-electron chi connectivity index (χ1n) is 4.12. The average Bonchev–Trinajstić information content (AvgIpc) is 2.47. The van der Waals surface area contributed by atoms with Gasteiger partial charge in [-0.2, -0.15) is 5.26 Å². The Bertz CT molecular complexity index is 209. The van der Waals surface area contributed by atoms with Crippen LogP contribution in [0, 0.1) is 17.2 Å². The Kier molecular flexibility index (Phi) is 3.06. The number of nitrogens with one attached hydrogen (secondary N) is 2. The van der Waals surface area contributed by atoms with Crippen molar-refractivity contribution >= 4 is 5.91 Å². The van der Waals surface area contributed by atoms with Gasteiger partial charge in [0.25, 0.3) is 0 Å². The lowest BCUT2D eigenvalue weighted by atomic mass is 10.2. The highest BCUT2D eigenvalue weighted by atomic mass is 16.1. The summed E-state index contributed by atoms with van der Waals surface area (Å²) in [6, 6.07) is 2.35. The third kappa shape index (κ3) is 2.51. The number of carbonyl (C=O) groups is 1. The number of hydrogen-bond acceptors (Lipinski definition) is 3. The van der Waals surface area contributed by atoms with Gasteiger partial charge < -0.3 is 10.6 Å². The van der Waals surface area contributed by atoms with Gasteiger partial charge in [0.2, 0.25) is 5.91 Å².